The summed E-state index contributed by atoms with van der Waals surface area (Å²) in [5.41, 5.74) is 0.938. The molecule has 0 bridgehead atoms. The van der Waals surface area contributed by atoms with E-state index in [9.17, 15) is 9.59 Å². The van der Waals surface area contributed by atoms with Crippen LogP contribution in [0.4, 0.5) is 0 Å². The lowest BCUT2D eigenvalue weighted by Crippen LogP contribution is -2.07. The Hall–Kier alpha value is -1.16. The number of carboxylic acids is 1. The fraction of sp³-hybridized carbons (Fsp3) is 0.500. The highest BCUT2D eigenvalue weighted by molar-refractivity contribution is 7.15. The minimum atomic E-state index is -0.943. The van der Waals surface area contributed by atoms with E-state index in [1.54, 1.807) is 6.07 Å². The van der Waals surface area contributed by atoms with Gasteiger partial charge in [0, 0.05) is 0 Å². The zero-order valence-corrected chi connectivity index (χ0v) is 10.6. The van der Waals surface area contributed by atoms with Crippen molar-refractivity contribution in [3.8, 4) is 0 Å². The van der Waals surface area contributed by atoms with E-state index < -0.39 is 5.97 Å². The first-order valence-electron chi connectivity index (χ1n) is 5.14. The van der Waals surface area contributed by atoms with Crippen molar-refractivity contribution in [1.82, 2.24) is 0 Å². The number of aldehydes is 1. The van der Waals surface area contributed by atoms with Gasteiger partial charge in [0.25, 0.3) is 0 Å². The zero-order chi connectivity index (χ0) is 12.3. The number of hydrogen-bond donors (Lipinski definition) is 1. The van der Waals surface area contributed by atoms with Crippen LogP contribution in [0, 0.1) is 5.41 Å². The summed E-state index contributed by atoms with van der Waals surface area (Å²) in [6, 6.07) is 1.69. The summed E-state index contributed by atoms with van der Waals surface area (Å²) in [5.74, 6) is -0.943. The quantitative estimate of drug-likeness (QED) is 0.822. The molecule has 0 aliphatic carbocycles. The van der Waals surface area contributed by atoms with Crippen molar-refractivity contribution in [1.29, 1.82) is 0 Å². The molecule has 0 unspecified atom stereocenters. The average Bonchev–Trinajstić information content (AvgIpc) is 2.56. The molecule has 1 aromatic heterocycles. The molecule has 16 heavy (non-hydrogen) atoms. The molecule has 1 heterocycles. The van der Waals surface area contributed by atoms with Crippen LogP contribution in [0.3, 0.4) is 0 Å². The molecule has 88 valence electrons. The van der Waals surface area contributed by atoms with Gasteiger partial charge in [-0.05, 0) is 29.9 Å². The third-order valence-electron chi connectivity index (χ3n) is 2.28. The highest BCUT2D eigenvalue weighted by Gasteiger charge is 2.17. The molecule has 0 spiro atoms. The summed E-state index contributed by atoms with van der Waals surface area (Å²) in [4.78, 5) is 22.4. The van der Waals surface area contributed by atoms with Crippen LogP contribution in [0.25, 0.3) is 0 Å². The smallest absolute Gasteiger partial charge is 0.346 e. The molecule has 1 N–H and O–H groups in total. The molecular formula is C12H16O3S. The Morgan fingerprint density at radius 3 is 2.56 bits per heavy atom. The lowest BCUT2D eigenvalue weighted by molar-refractivity contribution is 0.0700. The fourth-order valence-corrected chi connectivity index (χ4v) is 2.25. The molecule has 4 heteroatoms. The molecule has 1 aromatic rings. The van der Waals surface area contributed by atoms with Crippen molar-refractivity contribution < 1.29 is 14.7 Å². The second kappa shape index (κ2) is 4.78. The van der Waals surface area contributed by atoms with E-state index in [0.717, 1.165) is 23.3 Å². The maximum absolute atomic E-state index is 11.0. The van der Waals surface area contributed by atoms with Gasteiger partial charge in [-0.15, -0.1) is 11.3 Å². The summed E-state index contributed by atoms with van der Waals surface area (Å²) in [7, 11) is 0. The van der Waals surface area contributed by atoms with Crippen LogP contribution in [0.15, 0.2) is 6.07 Å². The van der Waals surface area contributed by atoms with E-state index in [0.29, 0.717) is 22.5 Å². The lowest BCUT2D eigenvalue weighted by Gasteiger charge is -2.17. The molecule has 0 saturated carbocycles. The molecule has 1 rings (SSSR count). The largest absolute Gasteiger partial charge is 0.477 e. The van der Waals surface area contributed by atoms with E-state index >= 15 is 0 Å². The van der Waals surface area contributed by atoms with Gasteiger partial charge >= 0.3 is 5.97 Å². The molecule has 0 saturated heterocycles. The van der Waals surface area contributed by atoms with Crippen molar-refractivity contribution in [2.75, 3.05) is 0 Å². The number of aryl methyl sites for hydroxylation is 1. The maximum Gasteiger partial charge on any atom is 0.346 e. The van der Waals surface area contributed by atoms with Gasteiger partial charge in [-0.3, -0.25) is 4.79 Å². The highest BCUT2D eigenvalue weighted by atomic mass is 32.1. The van der Waals surface area contributed by atoms with Gasteiger partial charge in [0.15, 0.2) is 6.29 Å². The molecule has 0 aromatic carbocycles. The number of hydrogen-bond acceptors (Lipinski definition) is 3. The van der Waals surface area contributed by atoms with Crippen LogP contribution < -0.4 is 0 Å². The van der Waals surface area contributed by atoms with Gasteiger partial charge in [-0.1, -0.05) is 20.8 Å². The van der Waals surface area contributed by atoms with Crippen molar-refractivity contribution in [2.24, 2.45) is 5.41 Å². The zero-order valence-electron chi connectivity index (χ0n) is 9.74. The minimum Gasteiger partial charge on any atom is -0.477 e. The Bertz CT molecular complexity index is 399. The highest BCUT2D eigenvalue weighted by Crippen LogP contribution is 2.27. The average molecular weight is 240 g/mol. The van der Waals surface area contributed by atoms with Crippen LogP contribution >= 0.6 is 11.3 Å². The first kappa shape index (κ1) is 12.9. The molecule has 0 atom stereocenters. The molecular weight excluding hydrogens is 224 g/mol. The van der Waals surface area contributed by atoms with Gasteiger partial charge in [0.2, 0.25) is 0 Å². The number of carbonyl (C=O) groups is 2. The third kappa shape index (κ3) is 3.45. The van der Waals surface area contributed by atoms with Crippen molar-refractivity contribution >= 4 is 23.6 Å². The summed E-state index contributed by atoms with van der Waals surface area (Å²) >= 11 is 1.05. The van der Waals surface area contributed by atoms with E-state index in [1.165, 1.54) is 0 Å². The van der Waals surface area contributed by atoms with E-state index in [4.69, 9.17) is 5.11 Å². The summed E-state index contributed by atoms with van der Waals surface area (Å²) in [5, 5.41) is 9.00. The lowest BCUT2D eigenvalue weighted by atomic mass is 9.89. The summed E-state index contributed by atoms with van der Waals surface area (Å²) < 4.78 is 0. The van der Waals surface area contributed by atoms with Gasteiger partial charge in [-0.2, -0.15) is 0 Å². The predicted molar refractivity (Wildman–Crippen MR) is 64.4 cm³/mol. The second-order valence-electron chi connectivity index (χ2n) is 4.99. The molecule has 3 nitrogen and oxygen atoms in total. The monoisotopic (exact) mass is 240 g/mol. The Morgan fingerprint density at radius 1 is 1.50 bits per heavy atom. The van der Waals surface area contributed by atoms with E-state index in [2.05, 4.69) is 20.8 Å². The van der Waals surface area contributed by atoms with E-state index in [1.807, 2.05) is 0 Å². The predicted octanol–water partition coefficient (Wildman–Crippen LogP) is 3.24. The minimum absolute atomic E-state index is 0.166. The van der Waals surface area contributed by atoms with Gasteiger partial charge in [0.1, 0.15) is 4.88 Å². The SMILES string of the molecule is CC(C)(C)CCc1cc(C=O)sc1C(=O)O. The maximum atomic E-state index is 11.0. The summed E-state index contributed by atoms with van der Waals surface area (Å²) in [6.07, 6.45) is 2.31. The summed E-state index contributed by atoms with van der Waals surface area (Å²) in [6.45, 7) is 6.33. The first-order valence-corrected chi connectivity index (χ1v) is 5.96. The number of carboxylic acid groups (broad SMARTS) is 1. The van der Waals surface area contributed by atoms with Crippen LogP contribution in [0.1, 0.15) is 52.1 Å². The third-order valence-corrected chi connectivity index (χ3v) is 3.37. The van der Waals surface area contributed by atoms with Crippen LogP contribution in [0.5, 0.6) is 0 Å². The van der Waals surface area contributed by atoms with Crippen LogP contribution in [-0.2, 0) is 6.42 Å². The number of rotatable bonds is 4. The topological polar surface area (TPSA) is 54.4 Å². The number of carbonyl (C=O) groups excluding carboxylic acids is 1. The Kier molecular flexibility index (Phi) is 3.86. The molecule has 0 amide bonds. The van der Waals surface area contributed by atoms with Gasteiger partial charge in [-0.25, -0.2) is 4.79 Å². The number of aromatic carboxylic acids is 1. The normalized spacial score (nSPS) is 11.4. The Balaban J connectivity index is 2.89. The second-order valence-corrected chi connectivity index (χ2v) is 6.07. The van der Waals surface area contributed by atoms with Gasteiger partial charge in [0.05, 0.1) is 4.88 Å². The Morgan fingerprint density at radius 2 is 2.12 bits per heavy atom. The molecule has 0 aliphatic heterocycles. The van der Waals surface area contributed by atoms with Gasteiger partial charge < -0.3 is 5.11 Å². The van der Waals surface area contributed by atoms with Crippen LogP contribution in [-0.4, -0.2) is 17.4 Å². The van der Waals surface area contributed by atoms with Crippen molar-refractivity contribution in [3.05, 3.63) is 21.4 Å². The van der Waals surface area contributed by atoms with Crippen LogP contribution in [0.2, 0.25) is 0 Å². The van der Waals surface area contributed by atoms with Crippen molar-refractivity contribution in [2.45, 2.75) is 33.6 Å². The molecule has 0 radical (unpaired) electrons. The fourth-order valence-electron chi connectivity index (χ4n) is 1.38. The first-order chi connectivity index (χ1) is 7.33. The van der Waals surface area contributed by atoms with E-state index in [-0.39, 0.29) is 5.41 Å². The Labute approximate surface area is 99.1 Å². The standard InChI is InChI=1S/C12H16O3S/c1-12(2,3)5-4-8-6-9(7-13)16-10(8)11(14)15/h6-7H,4-5H2,1-3H3,(H,14,15). The van der Waals surface area contributed by atoms with Crippen molar-refractivity contribution in [3.63, 3.8) is 0 Å². The number of thiophene rings is 1. The molecule has 0 fully saturated rings. The molecule has 0 aliphatic rings.